The Labute approximate surface area is 128 Å². The van der Waals surface area contributed by atoms with Crippen LogP contribution in [-0.4, -0.2) is 42.5 Å². The summed E-state index contributed by atoms with van der Waals surface area (Å²) < 4.78 is 4.99. The number of esters is 1. The molecular weight excluding hydrogens is 268 g/mol. The second kappa shape index (κ2) is 8.37. The van der Waals surface area contributed by atoms with Crippen molar-refractivity contribution < 1.29 is 14.3 Å². The summed E-state index contributed by atoms with van der Waals surface area (Å²) in [5, 5.41) is 0. The first-order chi connectivity index (χ1) is 9.96. The molecule has 122 valence electrons. The van der Waals surface area contributed by atoms with E-state index in [4.69, 9.17) is 10.5 Å². The second-order valence-corrected chi connectivity index (χ2v) is 6.23. The summed E-state index contributed by atoms with van der Waals surface area (Å²) in [5.41, 5.74) is 5.48. The lowest BCUT2D eigenvalue weighted by atomic mass is 9.78. The van der Waals surface area contributed by atoms with E-state index < -0.39 is 5.41 Å². The molecule has 1 aliphatic rings. The van der Waals surface area contributed by atoms with E-state index in [1.54, 1.807) is 11.8 Å². The van der Waals surface area contributed by atoms with Crippen molar-refractivity contribution in [2.24, 2.45) is 11.1 Å². The first-order valence-corrected chi connectivity index (χ1v) is 8.13. The molecule has 0 spiro atoms. The van der Waals surface area contributed by atoms with E-state index in [2.05, 4.69) is 0 Å². The van der Waals surface area contributed by atoms with Gasteiger partial charge in [-0.2, -0.15) is 0 Å². The van der Waals surface area contributed by atoms with Crippen molar-refractivity contribution in [3.05, 3.63) is 0 Å². The minimum Gasteiger partial charge on any atom is -0.465 e. The average Bonchev–Trinajstić information content (AvgIpc) is 2.70. The Morgan fingerprint density at radius 3 is 2.19 bits per heavy atom. The molecule has 0 atom stereocenters. The fraction of sp³-hybridized carbons (Fsp3) is 0.875. The fourth-order valence-electron chi connectivity index (χ4n) is 3.05. The smallest absolute Gasteiger partial charge is 0.325 e. The maximum Gasteiger partial charge on any atom is 0.325 e. The third-order valence-corrected chi connectivity index (χ3v) is 4.39. The highest BCUT2D eigenvalue weighted by molar-refractivity contribution is 5.87. The third kappa shape index (κ3) is 4.70. The Hall–Kier alpha value is -1.10. The number of carbonyl (C=O) groups excluding carboxylic acids is 2. The van der Waals surface area contributed by atoms with Crippen molar-refractivity contribution in [3.8, 4) is 0 Å². The van der Waals surface area contributed by atoms with E-state index >= 15 is 0 Å². The molecule has 0 unspecified atom stereocenters. The number of nitrogens with zero attached hydrogens (tertiary/aromatic N) is 1. The lowest BCUT2D eigenvalue weighted by molar-refractivity contribution is -0.154. The van der Waals surface area contributed by atoms with Gasteiger partial charge in [-0.05, 0) is 33.6 Å². The molecule has 21 heavy (non-hydrogen) atoms. The number of hydrogen-bond acceptors (Lipinski definition) is 4. The largest absolute Gasteiger partial charge is 0.465 e. The van der Waals surface area contributed by atoms with Crippen molar-refractivity contribution >= 4 is 11.9 Å². The van der Waals surface area contributed by atoms with Gasteiger partial charge >= 0.3 is 5.97 Å². The summed E-state index contributed by atoms with van der Waals surface area (Å²) in [6.07, 6.45) is 6.05. The number of nitrogens with two attached hydrogens (primary N) is 1. The Balaban J connectivity index is 2.88. The standard InChI is InChI=1S/C16H30N2O3/c1-4-21-14(19)11-18(13(2)3)15(20)16(12-17)9-7-5-6-8-10-16/h13H,4-12,17H2,1-3H3. The first kappa shape index (κ1) is 18.0. The van der Waals surface area contributed by atoms with E-state index in [0.29, 0.717) is 13.2 Å². The predicted molar refractivity (Wildman–Crippen MR) is 82.7 cm³/mol. The molecule has 1 saturated carbocycles. The number of rotatable bonds is 6. The summed E-state index contributed by atoms with van der Waals surface area (Å²) in [5.74, 6) is -0.324. The number of ether oxygens (including phenoxy) is 1. The van der Waals surface area contributed by atoms with Gasteiger partial charge in [0.15, 0.2) is 0 Å². The minimum absolute atomic E-state index is 0.0199. The SMILES string of the molecule is CCOC(=O)CN(C(=O)C1(CN)CCCCCC1)C(C)C. The minimum atomic E-state index is -0.493. The Morgan fingerprint density at radius 1 is 1.19 bits per heavy atom. The van der Waals surface area contributed by atoms with Gasteiger partial charge in [-0.15, -0.1) is 0 Å². The summed E-state index contributed by atoms with van der Waals surface area (Å²) >= 11 is 0. The quantitative estimate of drug-likeness (QED) is 0.602. The third-order valence-electron chi connectivity index (χ3n) is 4.39. The van der Waals surface area contributed by atoms with Gasteiger partial charge in [0.1, 0.15) is 6.54 Å². The van der Waals surface area contributed by atoms with Crippen molar-refractivity contribution in [1.82, 2.24) is 4.90 Å². The zero-order chi connectivity index (χ0) is 15.9. The Bertz CT molecular complexity index is 347. The van der Waals surface area contributed by atoms with Crippen LogP contribution in [0.4, 0.5) is 0 Å². The molecule has 0 aromatic rings. The van der Waals surface area contributed by atoms with E-state index in [1.165, 1.54) is 0 Å². The molecule has 5 heteroatoms. The molecule has 0 aromatic carbocycles. The van der Waals surface area contributed by atoms with Crippen LogP contribution < -0.4 is 5.73 Å². The second-order valence-electron chi connectivity index (χ2n) is 6.23. The van der Waals surface area contributed by atoms with Crippen LogP contribution in [0.15, 0.2) is 0 Å². The fourth-order valence-corrected chi connectivity index (χ4v) is 3.05. The molecule has 2 N–H and O–H groups in total. The Kier molecular flexibility index (Phi) is 7.15. The van der Waals surface area contributed by atoms with Crippen LogP contribution >= 0.6 is 0 Å². The van der Waals surface area contributed by atoms with Gasteiger partial charge in [0.25, 0.3) is 0 Å². The summed E-state index contributed by atoms with van der Waals surface area (Å²) in [7, 11) is 0. The molecular formula is C16H30N2O3. The molecule has 1 amide bonds. The van der Waals surface area contributed by atoms with Crippen molar-refractivity contribution in [3.63, 3.8) is 0 Å². The van der Waals surface area contributed by atoms with Crippen LogP contribution in [0.3, 0.4) is 0 Å². The predicted octanol–water partition coefficient (Wildman–Crippen LogP) is 2.09. The van der Waals surface area contributed by atoms with Gasteiger partial charge in [0.2, 0.25) is 5.91 Å². The molecule has 1 fully saturated rings. The maximum absolute atomic E-state index is 13.0. The van der Waals surface area contributed by atoms with Gasteiger partial charge in [-0.1, -0.05) is 25.7 Å². The van der Waals surface area contributed by atoms with Crippen molar-refractivity contribution in [1.29, 1.82) is 0 Å². The van der Waals surface area contributed by atoms with Crippen LogP contribution in [0.5, 0.6) is 0 Å². The molecule has 0 saturated heterocycles. The number of amides is 1. The molecule has 0 aromatic heterocycles. The highest BCUT2D eigenvalue weighted by Gasteiger charge is 2.41. The summed E-state index contributed by atoms with van der Waals surface area (Å²) in [4.78, 5) is 26.4. The maximum atomic E-state index is 13.0. The van der Waals surface area contributed by atoms with Gasteiger partial charge in [0, 0.05) is 12.6 Å². The zero-order valence-electron chi connectivity index (χ0n) is 13.7. The molecule has 0 bridgehead atoms. The van der Waals surface area contributed by atoms with Crippen LogP contribution in [0.1, 0.15) is 59.3 Å². The van der Waals surface area contributed by atoms with Crippen LogP contribution in [0, 0.1) is 5.41 Å². The normalized spacial score (nSPS) is 18.1. The van der Waals surface area contributed by atoms with Gasteiger partial charge in [-0.3, -0.25) is 9.59 Å². The van der Waals surface area contributed by atoms with E-state index in [9.17, 15) is 9.59 Å². The van der Waals surface area contributed by atoms with Gasteiger partial charge in [0.05, 0.1) is 12.0 Å². The first-order valence-electron chi connectivity index (χ1n) is 8.13. The topological polar surface area (TPSA) is 72.6 Å². The lowest BCUT2D eigenvalue weighted by Gasteiger charge is -2.37. The average molecular weight is 298 g/mol. The highest BCUT2D eigenvalue weighted by atomic mass is 16.5. The monoisotopic (exact) mass is 298 g/mol. The van der Waals surface area contributed by atoms with Gasteiger partial charge in [-0.25, -0.2) is 0 Å². The molecule has 5 nitrogen and oxygen atoms in total. The lowest BCUT2D eigenvalue weighted by Crippen LogP contribution is -2.52. The van der Waals surface area contributed by atoms with Crippen LogP contribution in [0.2, 0.25) is 0 Å². The van der Waals surface area contributed by atoms with Gasteiger partial charge < -0.3 is 15.4 Å². The van der Waals surface area contributed by atoms with E-state index in [1.807, 2.05) is 13.8 Å². The van der Waals surface area contributed by atoms with Crippen LogP contribution in [0.25, 0.3) is 0 Å². The van der Waals surface area contributed by atoms with Crippen molar-refractivity contribution in [2.75, 3.05) is 19.7 Å². The molecule has 1 rings (SSSR count). The number of carbonyl (C=O) groups is 2. The molecule has 0 heterocycles. The van der Waals surface area contributed by atoms with Crippen molar-refractivity contribution in [2.45, 2.75) is 65.3 Å². The summed E-state index contributed by atoms with van der Waals surface area (Å²) in [6.45, 7) is 6.34. The van der Waals surface area contributed by atoms with E-state index in [0.717, 1.165) is 38.5 Å². The zero-order valence-corrected chi connectivity index (χ0v) is 13.7. The molecule has 1 aliphatic carbocycles. The molecule has 0 aliphatic heterocycles. The molecule has 0 radical (unpaired) electrons. The van der Waals surface area contributed by atoms with Crippen LogP contribution in [-0.2, 0) is 14.3 Å². The highest BCUT2D eigenvalue weighted by Crippen LogP contribution is 2.36. The Morgan fingerprint density at radius 2 is 1.76 bits per heavy atom. The van der Waals surface area contributed by atoms with E-state index in [-0.39, 0.29) is 24.5 Å². The summed E-state index contributed by atoms with van der Waals surface area (Å²) in [6, 6.07) is -0.0337. The number of hydrogen-bond donors (Lipinski definition) is 1.